The summed E-state index contributed by atoms with van der Waals surface area (Å²) in [5.74, 6) is 5.95. The van der Waals surface area contributed by atoms with Crippen molar-refractivity contribution in [3.8, 4) is 11.8 Å². The van der Waals surface area contributed by atoms with Crippen LogP contribution in [0.4, 0.5) is 0 Å². The van der Waals surface area contributed by atoms with Gasteiger partial charge in [-0.25, -0.2) is 0 Å². The minimum Gasteiger partial charge on any atom is -0.320 e. The monoisotopic (exact) mass is 250 g/mol. The van der Waals surface area contributed by atoms with Crippen molar-refractivity contribution in [3.63, 3.8) is 0 Å². The van der Waals surface area contributed by atoms with Gasteiger partial charge in [0.05, 0.1) is 6.54 Å². The van der Waals surface area contributed by atoms with Gasteiger partial charge in [0.15, 0.2) is 0 Å². The summed E-state index contributed by atoms with van der Waals surface area (Å²) in [6, 6.07) is 2.16. The average molecular weight is 250 g/mol. The quantitative estimate of drug-likeness (QED) is 0.833. The molecule has 2 N–H and O–H groups in total. The van der Waals surface area contributed by atoms with Crippen LogP contribution in [0.5, 0.6) is 0 Å². The lowest BCUT2D eigenvalue weighted by Gasteiger charge is -2.34. The molecule has 1 heterocycles. The molecule has 0 saturated heterocycles. The SMILES string of the molecule is CCC(C)(C)N(C)Cc1cc(C#CCN)cs1. The number of nitrogens with zero attached hydrogens (tertiary/aromatic N) is 1. The summed E-state index contributed by atoms with van der Waals surface area (Å²) in [7, 11) is 2.18. The van der Waals surface area contributed by atoms with Gasteiger partial charge in [-0.15, -0.1) is 11.3 Å². The molecule has 0 aromatic carbocycles. The largest absolute Gasteiger partial charge is 0.320 e. The molecule has 0 spiro atoms. The maximum absolute atomic E-state index is 5.36. The molecule has 3 heteroatoms. The Balaban J connectivity index is 2.66. The van der Waals surface area contributed by atoms with Gasteiger partial charge in [0.25, 0.3) is 0 Å². The van der Waals surface area contributed by atoms with Gasteiger partial charge in [0, 0.05) is 27.9 Å². The summed E-state index contributed by atoms with van der Waals surface area (Å²) in [5, 5.41) is 2.10. The van der Waals surface area contributed by atoms with Crippen LogP contribution >= 0.6 is 11.3 Å². The zero-order valence-corrected chi connectivity index (χ0v) is 12.0. The lowest BCUT2D eigenvalue weighted by Crippen LogP contribution is -2.39. The first-order chi connectivity index (χ1) is 7.99. The Morgan fingerprint density at radius 2 is 2.18 bits per heavy atom. The van der Waals surface area contributed by atoms with Crippen molar-refractivity contribution in [2.24, 2.45) is 5.73 Å². The molecule has 1 rings (SSSR count). The van der Waals surface area contributed by atoms with E-state index in [1.807, 2.05) is 0 Å². The van der Waals surface area contributed by atoms with Crippen LogP contribution in [-0.2, 0) is 6.54 Å². The van der Waals surface area contributed by atoms with Crippen LogP contribution in [0.2, 0.25) is 0 Å². The van der Waals surface area contributed by atoms with Crippen molar-refractivity contribution in [3.05, 3.63) is 21.9 Å². The second kappa shape index (κ2) is 6.20. The first-order valence-corrected chi connectivity index (χ1v) is 6.85. The highest BCUT2D eigenvalue weighted by Crippen LogP contribution is 2.22. The molecule has 0 fully saturated rings. The smallest absolute Gasteiger partial charge is 0.0555 e. The van der Waals surface area contributed by atoms with Crippen molar-refractivity contribution in [1.29, 1.82) is 0 Å². The molecular weight excluding hydrogens is 228 g/mol. The van der Waals surface area contributed by atoms with Gasteiger partial charge in [-0.2, -0.15) is 0 Å². The Kier molecular flexibility index (Phi) is 5.20. The number of hydrogen-bond donors (Lipinski definition) is 1. The summed E-state index contributed by atoms with van der Waals surface area (Å²) in [6.07, 6.45) is 1.15. The van der Waals surface area contributed by atoms with Gasteiger partial charge in [-0.3, -0.25) is 4.90 Å². The normalized spacial score (nSPS) is 11.4. The Labute approximate surface area is 109 Å². The van der Waals surface area contributed by atoms with Crippen LogP contribution < -0.4 is 5.73 Å². The maximum atomic E-state index is 5.36. The van der Waals surface area contributed by atoms with Crippen LogP contribution in [-0.4, -0.2) is 24.0 Å². The van der Waals surface area contributed by atoms with E-state index in [9.17, 15) is 0 Å². The van der Waals surface area contributed by atoms with E-state index in [0.717, 1.165) is 18.5 Å². The fraction of sp³-hybridized carbons (Fsp3) is 0.571. The predicted molar refractivity (Wildman–Crippen MR) is 76.1 cm³/mol. The van der Waals surface area contributed by atoms with Gasteiger partial charge in [-0.1, -0.05) is 18.8 Å². The summed E-state index contributed by atoms with van der Waals surface area (Å²) in [6.45, 7) is 8.18. The summed E-state index contributed by atoms with van der Waals surface area (Å²) in [5.41, 5.74) is 6.69. The van der Waals surface area contributed by atoms with Crippen molar-refractivity contribution in [1.82, 2.24) is 4.90 Å². The van der Waals surface area contributed by atoms with E-state index >= 15 is 0 Å². The maximum Gasteiger partial charge on any atom is 0.0555 e. The summed E-state index contributed by atoms with van der Waals surface area (Å²) in [4.78, 5) is 3.74. The van der Waals surface area contributed by atoms with E-state index in [-0.39, 0.29) is 5.54 Å². The Morgan fingerprint density at radius 1 is 1.47 bits per heavy atom. The van der Waals surface area contributed by atoms with E-state index in [2.05, 4.69) is 56.0 Å². The van der Waals surface area contributed by atoms with Crippen LogP contribution in [0.3, 0.4) is 0 Å². The van der Waals surface area contributed by atoms with Gasteiger partial charge >= 0.3 is 0 Å². The Bertz CT molecular complexity index is 409. The molecule has 94 valence electrons. The molecule has 1 aromatic rings. The zero-order valence-electron chi connectivity index (χ0n) is 11.2. The fourth-order valence-corrected chi connectivity index (χ4v) is 2.27. The van der Waals surface area contributed by atoms with Crippen LogP contribution in [0.25, 0.3) is 0 Å². The van der Waals surface area contributed by atoms with E-state index in [4.69, 9.17) is 5.73 Å². The van der Waals surface area contributed by atoms with E-state index in [1.54, 1.807) is 11.3 Å². The van der Waals surface area contributed by atoms with Gasteiger partial charge < -0.3 is 5.73 Å². The van der Waals surface area contributed by atoms with Crippen LogP contribution in [0.1, 0.15) is 37.6 Å². The van der Waals surface area contributed by atoms with E-state index in [1.165, 1.54) is 4.88 Å². The first-order valence-electron chi connectivity index (χ1n) is 5.97. The van der Waals surface area contributed by atoms with Gasteiger partial charge in [-0.05, 0) is 33.4 Å². The second-order valence-electron chi connectivity index (χ2n) is 4.83. The average Bonchev–Trinajstić information content (AvgIpc) is 2.74. The number of rotatable bonds is 4. The topological polar surface area (TPSA) is 29.3 Å². The minimum atomic E-state index is 0.243. The third-order valence-corrected chi connectivity index (χ3v) is 4.20. The fourth-order valence-electron chi connectivity index (χ4n) is 1.40. The first kappa shape index (κ1) is 14.2. The summed E-state index contributed by atoms with van der Waals surface area (Å²) < 4.78 is 0. The Hall–Kier alpha value is -0.820. The zero-order chi connectivity index (χ0) is 12.9. The van der Waals surface area contributed by atoms with E-state index in [0.29, 0.717) is 6.54 Å². The predicted octanol–water partition coefficient (Wildman–Crippen LogP) is 2.68. The molecule has 0 radical (unpaired) electrons. The second-order valence-corrected chi connectivity index (χ2v) is 5.83. The molecule has 2 nitrogen and oxygen atoms in total. The summed E-state index contributed by atoms with van der Waals surface area (Å²) >= 11 is 1.77. The molecule has 1 aromatic heterocycles. The molecule has 0 aliphatic carbocycles. The van der Waals surface area contributed by atoms with Crippen molar-refractivity contribution < 1.29 is 0 Å². The lowest BCUT2D eigenvalue weighted by atomic mass is 10.00. The molecule has 0 aliphatic rings. The molecule has 0 amide bonds. The van der Waals surface area contributed by atoms with Gasteiger partial charge in [0.1, 0.15) is 0 Å². The standard InChI is InChI=1S/C14H22N2S/c1-5-14(2,3)16(4)10-13-9-12(11-17-13)7-6-8-15/h9,11H,5,8,10,15H2,1-4H3. The highest BCUT2D eigenvalue weighted by molar-refractivity contribution is 7.10. The van der Waals surface area contributed by atoms with E-state index < -0.39 is 0 Å². The number of thiophene rings is 1. The highest BCUT2D eigenvalue weighted by atomic mass is 32.1. The molecule has 0 unspecified atom stereocenters. The Morgan fingerprint density at radius 3 is 2.76 bits per heavy atom. The third kappa shape index (κ3) is 4.16. The lowest BCUT2D eigenvalue weighted by molar-refractivity contribution is 0.144. The van der Waals surface area contributed by atoms with Crippen molar-refractivity contribution >= 4 is 11.3 Å². The number of nitrogens with two attached hydrogens (primary N) is 1. The molecule has 0 atom stereocenters. The highest BCUT2D eigenvalue weighted by Gasteiger charge is 2.21. The molecule has 17 heavy (non-hydrogen) atoms. The van der Waals surface area contributed by atoms with Gasteiger partial charge in [0.2, 0.25) is 0 Å². The molecule has 0 bridgehead atoms. The number of hydrogen-bond acceptors (Lipinski definition) is 3. The molecular formula is C14H22N2S. The van der Waals surface area contributed by atoms with Crippen molar-refractivity contribution in [2.75, 3.05) is 13.6 Å². The third-order valence-electron chi connectivity index (χ3n) is 3.28. The minimum absolute atomic E-state index is 0.243. The van der Waals surface area contributed by atoms with Crippen LogP contribution in [0, 0.1) is 11.8 Å². The molecule has 0 aliphatic heterocycles. The van der Waals surface area contributed by atoms with Crippen LogP contribution in [0.15, 0.2) is 11.4 Å². The van der Waals surface area contributed by atoms with Crippen molar-refractivity contribution in [2.45, 2.75) is 39.3 Å². The molecule has 0 saturated carbocycles.